The van der Waals surface area contributed by atoms with Gasteiger partial charge in [-0.2, -0.15) is 0 Å². The van der Waals surface area contributed by atoms with Gasteiger partial charge in [0.15, 0.2) is 0 Å². The van der Waals surface area contributed by atoms with Crippen molar-refractivity contribution in [3.8, 4) is 5.75 Å². The van der Waals surface area contributed by atoms with Crippen LogP contribution in [0.2, 0.25) is 5.02 Å². The summed E-state index contributed by atoms with van der Waals surface area (Å²) in [6.45, 7) is 4.13. The Morgan fingerprint density at radius 3 is 3.00 bits per heavy atom. The van der Waals surface area contributed by atoms with Crippen molar-refractivity contribution in [3.63, 3.8) is 0 Å². The van der Waals surface area contributed by atoms with Gasteiger partial charge in [-0.1, -0.05) is 18.5 Å². The lowest BCUT2D eigenvalue weighted by molar-refractivity contribution is 0.0945. The molecule has 1 aromatic rings. The molecule has 0 amide bonds. The van der Waals surface area contributed by atoms with Crippen LogP contribution >= 0.6 is 11.6 Å². The van der Waals surface area contributed by atoms with E-state index >= 15 is 0 Å². The van der Waals surface area contributed by atoms with Crippen LogP contribution < -0.4 is 10.1 Å². The third-order valence-electron chi connectivity index (χ3n) is 3.96. The molecule has 1 aliphatic heterocycles. The predicted molar refractivity (Wildman–Crippen MR) is 87.4 cm³/mol. The Balaban J connectivity index is 2.03. The lowest BCUT2D eigenvalue weighted by Gasteiger charge is -2.23. The fourth-order valence-corrected chi connectivity index (χ4v) is 3.10. The lowest BCUT2D eigenvalue weighted by Crippen LogP contribution is -2.35. The standard InChI is InChI=1S/C17H26ClNO2/c1-3-8-19-15(12-16-5-4-9-21-16)11-13-10-14(18)6-7-17(13)20-2/h6-7,10,15-16,19H,3-5,8-9,11-12H2,1-2H3. The first kappa shape index (κ1) is 16.6. The molecule has 0 bridgehead atoms. The Bertz CT molecular complexity index is 433. The van der Waals surface area contributed by atoms with Crippen molar-refractivity contribution >= 4 is 11.6 Å². The normalized spacial score (nSPS) is 19.7. The summed E-state index contributed by atoms with van der Waals surface area (Å²) in [5.41, 5.74) is 1.16. The molecule has 0 radical (unpaired) electrons. The highest BCUT2D eigenvalue weighted by atomic mass is 35.5. The smallest absolute Gasteiger partial charge is 0.122 e. The molecule has 21 heavy (non-hydrogen) atoms. The third kappa shape index (κ3) is 5.17. The lowest BCUT2D eigenvalue weighted by atomic mass is 9.98. The summed E-state index contributed by atoms with van der Waals surface area (Å²) in [5, 5.41) is 4.40. The van der Waals surface area contributed by atoms with Gasteiger partial charge in [0.05, 0.1) is 13.2 Å². The summed E-state index contributed by atoms with van der Waals surface area (Å²) in [5.74, 6) is 0.912. The van der Waals surface area contributed by atoms with Gasteiger partial charge in [-0.05, 0) is 62.4 Å². The van der Waals surface area contributed by atoms with E-state index in [1.54, 1.807) is 7.11 Å². The van der Waals surface area contributed by atoms with E-state index in [1.807, 2.05) is 18.2 Å². The van der Waals surface area contributed by atoms with Crippen molar-refractivity contribution < 1.29 is 9.47 Å². The van der Waals surface area contributed by atoms with E-state index in [0.717, 1.165) is 48.7 Å². The molecule has 1 N–H and O–H groups in total. The molecule has 1 heterocycles. The van der Waals surface area contributed by atoms with Crippen LogP contribution in [0, 0.1) is 0 Å². The van der Waals surface area contributed by atoms with E-state index in [4.69, 9.17) is 21.1 Å². The van der Waals surface area contributed by atoms with Crippen molar-refractivity contribution in [2.24, 2.45) is 0 Å². The second-order valence-corrected chi connectivity index (χ2v) is 6.12. The van der Waals surface area contributed by atoms with Crippen LogP contribution in [0.1, 0.15) is 38.2 Å². The number of rotatable bonds is 8. The second-order valence-electron chi connectivity index (χ2n) is 5.68. The molecule has 1 saturated heterocycles. The Kier molecular flexibility index (Phi) is 6.81. The highest BCUT2D eigenvalue weighted by Gasteiger charge is 2.21. The molecule has 0 aromatic heterocycles. The highest BCUT2D eigenvalue weighted by Crippen LogP contribution is 2.26. The molecule has 0 saturated carbocycles. The summed E-state index contributed by atoms with van der Waals surface area (Å²) < 4.78 is 11.2. The minimum absolute atomic E-state index is 0.393. The first-order chi connectivity index (χ1) is 10.2. The van der Waals surface area contributed by atoms with E-state index < -0.39 is 0 Å². The van der Waals surface area contributed by atoms with Gasteiger partial charge in [0.25, 0.3) is 0 Å². The fraction of sp³-hybridized carbons (Fsp3) is 0.647. The van der Waals surface area contributed by atoms with Gasteiger partial charge >= 0.3 is 0 Å². The molecule has 0 spiro atoms. The molecule has 2 atom stereocenters. The van der Waals surface area contributed by atoms with Crippen molar-refractivity contribution in [2.45, 2.75) is 51.2 Å². The molecule has 4 heteroatoms. The molecule has 1 aromatic carbocycles. The van der Waals surface area contributed by atoms with Gasteiger partial charge < -0.3 is 14.8 Å². The van der Waals surface area contributed by atoms with Gasteiger partial charge in [-0.3, -0.25) is 0 Å². The van der Waals surface area contributed by atoms with Crippen molar-refractivity contribution in [1.29, 1.82) is 0 Å². The number of ether oxygens (including phenoxy) is 2. The Morgan fingerprint density at radius 1 is 1.48 bits per heavy atom. The third-order valence-corrected chi connectivity index (χ3v) is 4.20. The topological polar surface area (TPSA) is 30.5 Å². The summed E-state index contributed by atoms with van der Waals surface area (Å²) in [7, 11) is 1.71. The summed E-state index contributed by atoms with van der Waals surface area (Å²) in [6.07, 6.45) is 5.86. The minimum Gasteiger partial charge on any atom is -0.496 e. The average molecular weight is 312 g/mol. The number of methoxy groups -OCH3 is 1. The Hall–Kier alpha value is -0.770. The quantitative estimate of drug-likeness (QED) is 0.791. The maximum Gasteiger partial charge on any atom is 0.122 e. The number of hydrogen-bond acceptors (Lipinski definition) is 3. The van der Waals surface area contributed by atoms with Crippen LogP contribution in [0.25, 0.3) is 0 Å². The number of halogens is 1. The molecular weight excluding hydrogens is 286 g/mol. The van der Waals surface area contributed by atoms with E-state index in [0.29, 0.717) is 12.1 Å². The number of nitrogens with one attached hydrogen (secondary N) is 1. The van der Waals surface area contributed by atoms with Crippen LogP contribution in [0.3, 0.4) is 0 Å². The van der Waals surface area contributed by atoms with Crippen LogP contribution in [0.5, 0.6) is 5.75 Å². The average Bonchev–Trinajstić information content (AvgIpc) is 2.98. The highest BCUT2D eigenvalue weighted by molar-refractivity contribution is 6.30. The predicted octanol–water partition coefficient (Wildman–Crippen LogP) is 3.83. The van der Waals surface area contributed by atoms with Gasteiger partial charge in [0.2, 0.25) is 0 Å². The van der Waals surface area contributed by atoms with Crippen LogP contribution in [0.15, 0.2) is 18.2 Å². The van der Waals surface area contributed by atoms with E-state index in [9.17, 15) is 0 Å². The molecule has 3 nitrogen and oxygen atoms in total. The molecule has 2 unspecified atom stereocenters. The maximum absolute atomic E-state index is 6.13. The SMILES string of the molecule is CCCNC(Cc1cc(Cl)ccc1OC)CC1CCCO1. The zero-order valence-corrected chi connectivity index (χ0v) is 13.8. The molecule has 1 aliphatic rings. The monoisotopic (exact) mass is 311 g/mol. The summed E-state index contributed by atoms with van der Waals surface area (Å²) >= 11 is 6.13. The minimum atomic E-state index is 0.393. The maximum atomic E-state index is 6.13. The molecular formula is C17H26ClNO2. The Morgan fingerprint density at radius 2 is 2.33 bits per heavy atom. The van der Waals surface area contributed by atoms with Gasteiger partial charge in [0, 0.05) is 17.7 Å². The largest absolute Gasteiger partial charge is 0.496 e. The van der Waals surface area contributed by atoms with Crippen molar-refractivity contribution in [3.05, 3.63) is 28.8 Å². The van der Waals surface area contributed by atoms with Crippen LogP contribution in [-0.4, -0.2) is 32.4 Å². The number of hydrogen-bond donors (Lipinski definition) is 1. The van der Waals surface area contributed by atoms with Crippen molar-refractivity contribution in [1.82, 2.24) is 5.32 Å². The van der Waals surface area contributed by atoms with Gasteiger partial charge in [-0.25, -0.2) is 0 Å². The van der Waals surface area contributed by atoms with E-state index in [2.05, 4.69) is 12.2 Å². The van der Waals surface area contributed by atoms with E-state index in [-0.39, 0.29) is 0 Å². The molecule has 2 rings (SSSR count). The first-order valence-corrected chi connectivity index (χ1v) is 8.28. The molecule has 118 valence electrons. The molecule has 1 fully saturated rings. The van der Waals surface area contributed by atoms with Crippen molar-refractivity contribution in [2.75, 3.05) is 20.3 Å². The zero-order chi connectivity index (χ0) is 15.1. The summed E-state index contributed by atoms with van der Waals surface area (Å²) in [4.78, 5) is 0. The Labute approximate surface area is 133 Å². The van der Waals surface area contributed by atoms with Crippen LogP contribution in [0.4, 0.5) is 0 Å². The number of benzene rings is 1. The zero-order valence-electron chi connectivity index (χ0n) is 13.0. The molecule has 0 aliphatic carbocycles. The fourth-order valence-electron chi connectivity index (χ4n) is 2.91. The first-order valence-electron chi connectivity index (χ1n) is 7.90. The van der Waals surface area contributed by atoms with Gasteiger partial charge in [-0.15, -0.1) is 0 Å². The van der Waals surface area contributed by atoms with E-state index in [1.165, 1.54) is 12.8 Å². The second kappa shape index (κ2) is 8.62. The van der Waals surface area contributed by atoms with Crippen LogP contribution in [-0.2, 0) is 11.2 Å². The summed E-state index contributed by atoms with van der Waals surface area (Å²) in [6, 6.07) is 6.23. The van der Waals surface area contributed by atoms with Gasteiger partial charge in [0.1, 0.15) is 5.75 Å².